The lowest BCUT2D eigenvalue weighted by Crippen LogP contribution is -2.36. The van der Waals surface area contributed by atoms with Crippen molar-refractivity contribution in [3.05, 3.63) is 53.8 Å². The van der Waals surface area contributed by atoms with Crippen LogP contribution in [0, 0.1) is 5.82 Å². The molecule has 1 N–H and O–H groups in total. The van der Waals surface area contributed by atoms with Gasteiger partial charge in [0, 0.05) is 18.8 Å². The van der Waals surface area contributed by atoms with Crippen LogP contribution in [0.2, 0.25) is 0 Å². The SMILES string of the molecule is CC(C)(C)c1ccc(S(=O)(=O)Nc2cc(N3CCOCC3)ccc2F)cc1. The van der Waals surface area contributed by atoms with E-state index in [1.54, 1.807) is 30.3 Å². The van der Waals surface area contributed by atoms with Crippen molar-refractivity contribution >= 4 is 21.4 Å². The van der Waals surface area contributed by atoms with Gasteiger partial charge in [-0.2, -0.15) is 0 Å². The van der Waals surface area contributed by atoms with Crippen LogP contribution in [0.1, 0.15) is 26.3 Å². The number of halogens is 1. The summed E-state index contributed by atoms with van der Waals surface area (Å²) in [6.45, 7) is 8.74. The lowest BCUT2D eigenvalue weighted by Gasteiger charge is -2.29. The summed E-state index contributed by atoms with van der Waals surface area (Å²) >= 11 is 0. The Balaban J connectivity index is 1.84. The molecular formula is C20H25FN2O3S. The summed E-state index contributed by atoms with van der Waals surface area (Å²) in [4.78, 5) is 2.14. The second-order valence-electron chi connectivity index (χ2n) is 7.64. The normalized spacial score (nSPS) is 15.6. The second-order valence-corrected chi connectivity index (χ2v) is 9.33. The maximum Gasteiger partial charge on any atom is 0.261 e. The van der Waals surface area contributed by atoms with E-state index < -0.39 is 15.8 Å². The zero-order chi connectivity index (χ0) is 19.7. The van der Waals surface area contributed by atoms with Gasteiger partial charge in [-0.15, -0.1) is 0 Å². The summed E-state index contributed by atoms with van der Waals surface area (Å²) in [6.07, 6.45) is 0. The van der Waals surface area contributed by atoms with Crippen LogP contribution in [0.3, 0.4) is 0 Å². The van der Waals surface area contributed by atoms with E-state index in [0.717, 1.165) is 11.3 Å². The molecule has 0 aliphatic carbocycles. The summed E-state index contributed by atoms with van der Waals surface area (Å²) in [5, 5.41) is 0. The first-order valence-corrected chi connectivity index (χ1v) is 10.4. The Morgan fingerprint density at radius 2 is 1.67 bits per heavy atom. The average molecular weight is 392 g/mol. The molecule has 3 rings (SSSR count). The van der Waals surface area contributed by atoms with Gasteiger partial charge in [0.2, 0.25) is 0 Å². The number of nitrogens with zero attached hydrogens (tertiary/aromatic N) is 1. The molecule has 0 aromatic heterocycles. The Morgan fingerprint density at radius 3 is 2.26 bits per heavy atom. The van der Waals surface area contributed by atoms with E-state index in [1.165, 1.54) is 12.1 Å². The molecule has 0 saturated carbocycles. The monoisotopic (exact) mass is 392 g/mol. The lowest BCUT2D eigenvalue weighted by atomic mass is 9.87. The summed E-state index contributed by atoms with van der Waals surface area (Å²) in [6, 6.07) is 11.1. The maximum atomic E-state index is 14.2. The summed E-state index contributed by atoms with van der Waals surface area (Å²) in [5.41, 5.74) is 1.66. The minimum atomic E-state index is -3.88. The van der Waals surface area contributed by atoms with E-state index in [2.05, 4.69) is 25.5 Å². The van der Waals surface area contributed by atoms with Gasteiger partial charge in [0.05, 0.1) is 23.8 Å². The minimum Gasteiger partial charge on any atom is -0.378 e. The van der Waals surface area contributed by atoms with Crippen molar-refractivity contribution in [3.63, 3.8) is 0 Å². The van der Waals surface area contributed by atoms with Gasteiger partial charge in [-0.05, 0) is 41.3 Å². The Bertz CT molecular complexity index is 900. The molecule has 1 fully saturated rings. The number of morpholine rings is 1. The van der Waals surface area contributed by atoms with Crippen LogP contribution in [0.15, 0.2) is 47.4 Å². The molecular weight excluding hydrogens is 367 g/mol. The zero-order valence-corrected chi connectivity index (χ0v) is 16.6. The third-order valence-corrected chi connectivity index (χ3v) is 5.98. The highest BCUT2D eigenvalue weighted by molar-refractivity contribution is 7.92. The number of hydrogen-bond acceptors (Lipinski definition) is 4. The summed E-state index contributed by atoms with van der Waals surface area (Å²) in [7, 11) is -3.88. The van der Waals surface area contributed by atoms with Crippen molar-refractivity contribution in [2.75, 3.05) is 35.9 Å². The fourth-order valence-corrected chi connectivity index (χ4v) is 4.01. The standard InChI is InChI=1S/C20H25FN2O3S/c1-20(2,3)15-4-7-17(8-5-15)27(24,25)22-19-14-16(6-9-18(19)21)23-10-12-26-13-11-23/h4-9,14,22H,10-13H2,1-3H3. The average Bonchev–Trinajstić information content (AvgIpc) is 2.63. The number of sulfonamides is 1. The number of hydrogen-bond donors (Lipinski definition) is 1. The largest absolute Gasteiger partial charge is 0.378 e. The molecule has 27 heavy (non-hydrogen) atoms. The third kappa shape index (κ3) is 4.59. The van der Waals surface area contributed by atoms with Crippen molar-refractivity contribution in [2.24, 2.45) is 0 Å². The lowest BCUT2D eigenvalue weighted by molar-refractivity contribution is 0.122. The number of anilines is 2. The maximum absolute atomic E-state index is 14.2. The molecule has 0 atom stereocenters. The highest BCUT2D eigenvalue weighted by Crippen LogP contribution is 2.27. The predicted molar refractivity (Wildman–Crippen MR) is 105 cm³/mol. The molecule has 1 saturated heterocycles. The molecule has 0 radical (unpaired) electrons. The fourth-order valence-electron chi connectivity index (χ4n) is 2.95. The number of ether oxygens (including phenoxy) is 1. The van der Waals surface area contributed by atoms with E-state index in [9.17, 15) is 12.8 Å². The van der Waals surface area contributed by atoms with Crippen LogP contribution >= 0.6 is 0 Å². The molecule has 1 aliphatic rings. The minimum absolute atomic E-state index is 0.0566. The molecule has 5 nitrogen and oxygen atoms in total. The molecule has 146 valence electrons. The van der Waals surface area contributed by atoms with Crippen LogP contribution < -0.4 is 9.62 Å². The van der Waals surface area contributed by atoms with Crippen molar-refractivity contribution < 1.29 is 17.5 Å². The molecule has 0 bridgehead atoms. The predicted octanol–water partition coefficient (Wildman–Crippen LogP) is 3.76. The number of rotatable bonds is 4. The van der Waals surface area contributed by atoms with Crippen LogP contribution in [-0.4, -0.2) is 34.7 Å². The highest BCUT2D eigenvalue weighted by atomic mass is 32.2. The Hall–Kier alpha value is -2.12. The third-order valence-electron chi connectivity index (χ3n) is 4.60. The first-order valence-electron chi connectivity index (χ1n) is 8.92. The first kappa shape index (κ1) is 19.6. The molecule has 1 aliphatic heterocycles. The molecule has 0 spiro atoms. The molecule has 0 unspecified atom stereocenters. The van der Waals surface area contributed by atoms with Gasteiger partial charge < -0.3 is 9.64 Å². The molecule has 7 heteroatoms. The van der Waals surface area contributed by atoms with Crippen LogP contribution in [0.4, 0.5) is 15.8 Å². The van der Waals surface area contributed by atoms with Gasteiger partial charge in [-0.25, -0.2) is 12.8 Å². The number of nitrogens with one attached hydrogen (secondary N) is 1. The van der Waals surface area contributed by atoms with Gasteiger partial charge in [0.25, 0.3) is 10.0 Å². The van der Waals surface area contributed by atoms with Gasteiger partial charge in [0.1, 0.15) is 5.82 Å². The Morgan fingerprint density at radius 1 is 1.04 bits per heavy atom. The van der Waals surface area contributed by atoms with Crippen molar-refractivity contribution in [1.29, 1.82) is 0 Å². The Kier molecular flexibility index (Phi) is 5.44. The van der Waals surface area contributed by atoms with Crippen molar-refractivity contribution in [3.8, 4) is 0 Å². The highest BCUT2D eigenvalue weighted by Gasteiger charge is 2.20. The summed E-state index contributed by atoms with van der Waals surface area (Å²) < 4.78 is 47.3. The molecule has 2 aromatic rings. The van der Waals surface area contributed by atoms with E-state index in [0.29, 0.717) is 26.3 Å². The molecule has 0 amide bonds. The second kappa shape index (κ2) is 7.48. The van der Waals surface area contributed by atoms with E-state index in [1.807, 2.05) is 4.90 Å². The van der Waals surface area contributed by atoms with Crippen molar-refractivity contribution in [1.82, 2.24) is 0 Å². The topological polar surface area (TPSA) is 58.6 Å². The van der Waals surface area contributed by atoms with Crippen LogP contribution in [0.25, 0.3) is 0 Å². The molecule has 1 heterocycles. The van der Waals surface area contributed by atoms with E-state index in [4.69, 9.17) is 4.74 Å². The van der Waals surface area contributed by atoms with Crippen molar-refractivity contribution in [2.45, 2.75) is 31.1 Å². The smallest absolute Gasteiger partial charge is 0.261 e. The van der Waals surface area contributed by atoms with E-state index in [-0.39, 0.29) is 16.0 Å². The van der Waals surface area contributed by atoms with Gasteiger partial charge in [-0.3, -0.25) is 4.72 Å². The van der Waals surface area contributed by atoms with Crippen LogP contribution in [0.5, 0.6) is 0 Å². The van der Waals surface area contributed by atoms with Gasteiger partial charge >= 0.3 is 0 Å². The van der Waals surface area contributed by atoms with Gasteiger partial charge in [-0.1, -0.05) is 32.9 Å². The number of benzene rings is 2. The quantitative estimate of drug-likeness (QED) is 0.861. The van der Waals surface area contributed by atoms with E-state index >= 15 is 0 Å². The van der Waals surface area contributed by atoms with Crippen LogP contribution in [-0.2, 0) is 20.2 Å². The fraction of sp³-hybridized carbons (Fsp3) is 0.400. The molecule has 2 aromatic carbocycles. The summed E-state index contributed by atoms with van der Waals surface area (Å²) in [5.74, 6) is -0.609. The zero-order valence-electron chi connectivity index (χ0n) is 15.8. The Labute approximate surface area is 160 Å². The first-order chi connectivity index (χ1) is 12.7. The van der Waals surface area contributed by atoms with Gasteiger partial charge in [0.15, 0.2) is 0 Å².